The van der Waals surface area contributed by atoms with Crippen LogP contribution in [0.4, 0.5) is 4.39 Å². The van der Waals surface area contributed by atoms with Crippen LogP contribution in [0.1, 0.15) is 18.9 Å². The SMILES string of the molecule is C[C@@H]1CC(c2ccc3c(cnn3-c3ccc(F)cc3)c2)=CCN1.Cl. The third-order valence-electron chi connectivity index (χ3n) is 4.35. The Morgan fingerprint density at radius 1 is 1.17 bits per heavy atom. The van der Waals surface area contributed by atoms with Gasteiger partial charge in [-0.05, 0) is 60.9 Å². The summed E-state index contributed by atoms with van der Waals surface area (Å²) in [5, 5.41) is 8.98. The van der Waals surface area contributed by atoms with E-state index in [1.807, 2.05) is 10.9 Å². The number of rotatable bonds is 2. The van der Waals surface area contributed by atoms with Crippen molar-refractivity contribution in [3.8, 4) is 5.69 Å². The first-order valence-corrected chi connectivity index (χ1v) is 7.87. The summed E-state index contributed by atoms with van der Waals surface area (Å²) in [6, 6.07) is 13.3. The number of hydrogen-bond acceptors (Lipinski definition) is 2. The Morgan fingerprint density at radius 2 is 1.96 bits per heavy atom. The molecule has 0 unspecified atom stereocenters. The van der Waals surface area contributed by atoms with Gasteiger partial charge in [-0.3, -0.25) is 0 Å². The number of halogens is 2. The largest absolute Gasteiger partial charge is 0.310 e. The summed E-state index contributed by atoms with van der Waals surface area (Å²) in [5.74, 6) is -0.237. The number of hydrogen-bond donors (Lipinski definition) is 1. The molecule has 0 amide bonds. The highest BCUT2D eigenvalue weighted by Crippen LogP contribution is 2.27. The second-order valence-corrected chi connectivity index (χ2v) is 6.05. The van der Waals surface area contributed by atoms with Gasteiger partial charge in [0.2, 0.25) is 0 Å². The molecule has 124 valence electrons. The van der Waals surface area contributed by atoms with Gasteiger partial charge in [0.05, 0.1) is 17.4 Å². The second-order valence-electron chi connectivity index (χ2n) is 6.05. The van der Waals surface area contributed by atoms with Gasteiger partial charge in [-0.15, -0.1) is 12.4 Å². The summed E-state index contributed by atoms with van der Waals surface area (Å²) < 4.78 is 14.9. The van der Waals surface area contributed by atoms with Gasteiger partial charge in [0.25, 0.3) is 0 Å². The van der Waals surface area contributed by atoms with Crippen LogP contribution in [0.5, 0.6) is 0 Å². The predicted molar refractivity (Wildman–Crippen MR) is 98.3 cm³/mol. The molecule has 1 aliphatic rings. The van der Waals surface area contributed by atoms with Gasteiger partial charge < -0.3 is 5.32 Å². The highest BCUT2D eigenvalue weighted by Gasteiger charge is 2.13. The highest BCUT2D eigenvalue weighted by atomic mass is 35.5. The summed E-state index contributed by atoms with van der Waals surface area (Å²) in [5.41, 5.74) is 4.53. The maximum Gasteiger partial charge on any atom is 0.123 e. The van der Waals surface area contributed by atoms with E-state index in [4.69, 9.17) is 0 Å². The van der Waals surface area contributed by atoms with Gasteiger partial charge in [-0.25, -0.2) is 9.07 Å². The summed E-state index contributed by atoms with van der Waals surface area (Å²) >= 11 is 0. The van der Waals surface area contributed by atoms with Gasteiger partial charge in [0.1, 0.15) is 5.82 Å². The van der Waals surface area contributed by atoms with Crippen molar-refractivity contribution in [1.82, 2.24) is 15.1 Å². The Balaban J connectivity index is 0.00000169. The van der Waals surface area contributed by atoms with E-state index in [9.17, 15) is 4.39 Å². The maximum absolute atomic E-state index is 13.1. The normalized spacial score (nSPS) is 17.4. The molecule has 0 fully saturated rings. The van der Waals surface area contributed by atoms with Crippen LogP contribution in [0, 0.1) is 5.82 Å². The van der Waals surface area contributed by atoms with E-state index < -0.39 is 0 Å². The Hall–Kier alpha value is -2.17. The lowest BCUT2D eigenvalue weighted by Gasteiger charge is -2.21. The topological polar surface area (TPSA) is 29.9 Å². The highest BCUT2D eigenvalue weighted by molar-refractivity contribution is 5.85. The third kappa shape index (κ3) is 3.07. The standard InChI is InChI=1S/C19H18FN3.ClH/c1-13-10-15(8-9-21-13)14-2-7-19-16(11-14)12-22-23(19)18-5-3-17(20)4-6-18;/h2-8,11-13,21H,9-10H2,1H3;1H/t13-;/m1./s1. The van der Waals surface area contributed by atoms with Crippen molar-refractivity contribution in [1.29, 1.82) is 0 Å². The van der Waals surface area contributed by atoms with Crippen molar-refractivity contribution in [2.75, 3.05) is 6.54 Å². The summed E-state index contributed by atoms with van der Waals surface area (Å²) in [6.45, 7) is 3.13. The van der Waals surface area contributed by atoms with Crippen molar-refractivity contribution in [2.24, 2.45) is 0 Å². The third-order valence-corrected chi connectivity index (χ3v) is 4.35. The molecule has 3 nitrogen and oxygen atoms in total. The first-order chi connectivity index (χ1) is 11.2. The van der Waals surface area contributed by atoms with Crippen LogP contribution in [-0.4, -0.2) is 22.4 Å². The fourth-order valence-corrected chi connectivity index (χ4v) is 3.13. The number of nitrogens with zero attached hydrogens (tertiary/aromatic N) is 2. The minimum absolute atomic E-state index is 0. The molecule has 24 heavy (non-hydrogen) atoms. The van der Waals surface area contributed by atoms with Crippen LogP contribution >= 0.6 is 12.4 Å². The fraction of sp³-hybridized carbons (Fsp3) is 0.211. The summed E-state index contributed by atoms with van der Waals surface area (Å²) in [6.07, 6.45) is 5.16. The van der Waals surface area contributed by atoms with E-state index in [1.54, 1.807) is 12.1 Å². The first-order valence-electron chi connectivity index (χ1n) is 7.87. The number of aromatic nitrogens is 2. The van der Waals surface area contributed by atoms with Crippen LogP contribution in [-0.2, 0) is 0 Å². The summed E-state index contributed by atoms with van der Waals surface area (Å²) in [4.78, 5) is 0. The summed E-state index contributed by atoms with van der Waals surface area (Å²) in [7, 11) is 0. The molecular formula is C19H19ClFN3. The van der Waals surface area contributed by atoms with Crippen molar-refractivity contribution in [2.45, 2.75) is 19.4 Å². The predicted octanol–water partition coefficient (Wildman–Crippen LogP) is 4.35. The molecule has 0 saturated carbocycles. The molecule has 0 aliphatic carbocycles. The van der Waals surface area contributed by atoms with E-state index >= 15 is 0 Å². The molecule has 1 atom stereocenters. The molecule has 1 N–H and O–H groups in total. The lowest BCUT2D eigenvalue weighted by Crippen LogP contribution is -2.29. The molecule has 0 saturated heterocycles. The molecule has 0 bridgehead atoms. The van der Waals surface area contributed by atoms with Crippen molar-refractivity contribution >= 4 is 28.9 Å². The Bertz CT molecular complexity index is 883. The van der Waals surface area contributed by atoms with Gasteiger partial charge in [-0.2, -0.15) is 5.10 Å². The molecule has 4 rings (SSSR count). The van der Waals surface area contributed by atoms with Crippen molar-refractivity contribution in [3.05, 3.63) is 66.1 Å². The zero-order valence-electron chi connectivity index (χ0n) is 13.4. The van der Waals surface area contributed by atoms with Gasteiger partial charge in [-0.1, -0.05) is 12.1 Å². The van der Waals surface area contributed by atoms with Crippen LogP contribution in [0.2, 0.25) is 0 Å². The van der Waals surface area contributed by atoms with E-state index in [0.717, 1.165) is 29.6 Å². The maximum atomic E-state index is 13.1. The average molecular weight is 344 g/mol. The zero-order valence-corrected chi connectivity index (χ0v) is 14.2. The van der Waals surface area contributed by atoms with E-state index in [1.165, 1.54) is 23.3 Å². The van der Waals surface area contributed by atoms with Gasteiger partial charge >= 0.3 is 0 Å². The quantitative estimate of drug-likeness (QED) is 0.749. The first kappa shape index (κ1) is 16.7. The lowest BCUT2D eigenvalue weighted by atomic mass is 9.95. The van der Waals surface area contributed by atoms with Crippen molar-refractivity contribution < 1.29 is 4.39 Å². The molecule has 0 spiro atoms. The van der Waals surface area contributed by atoms with E-state index in [0.29, 0.717) is 6.04 Å². The van der Waals surface area contributed by atoms with E-state index in [2.05, 4.69) is 41.6 Å². The molecule has 2 aromatic carbocycles. The van der Waals surface area contributed by atoms with Crippen molar-refractivity contribution in [3.63, 3.8) is 0 Å². The Labute approximate surface area is 146 Å². The molecular weight excluding hydrogens is 325 g/mol. The molecule has 2 heterocycles. The lowest BCUT2D eigenvalue weighted by molar-refractivity contribution is 0.579. The molecule has 1 aliphatic heterocycles. The minimum atomic E-state index is -0.237. The van der Waals surface area contributed by atoms with Crippen LogP contribution in [0.3, 0.4) is 0 Å². The molecule has 3 aromatic rings. The zero-order chi connectivity index (χ0) is 15.8. The average Bonchev–Trinajstić information content (AvgIpc) is 2.99. The number of benzene rings is 2. The molecule has 1 aromatic heterocycles. The van der Waals surface area contributed by atoms with Gasteiger partial charge in [0, 0.05) is 18.0 Å². The molecule has 5 heteroatoms. The molecule has 0 radical (unpaired) electrons. The monoisotopic (exact) mass is 343 g/mol. The number of nitrogens with one attached hydrogen (secondary N) is 1. The Kier molecular flexibility index (Phi) is 4.69. The number of fused-ring (bicyclic) bond motifs is 1. The second kappa shape index (κ2) is 6.75. The van der Waals surface area contributed by atoms with Gasteiger partial charge in [0.15, 0.2) is 0 Å². The minimum Gasteiger partial charge on any atom is -0.310 e. The van der Waals surface area contributed by atoms with Crippen LogP contribution in [0.15, 0.2) is 54.7 Å². The van der Waals surface area contributed by atoms with Crippen LogP contribution in [0.25, 0.3) is 22.2 Å². The fourth-order valence-electron chi connectivity index (χ4n) is 3.13. The van der Waals surface area contributed by atoms with Crippen LogP contribution < -0.4 is 5.32 Å². The smallest absolute Gasteiger partial charge is 0.123 e. The van der Waals surface area contributed by atoms with E-state index in [-0.39, 0.29) is 18.2 Å². The Morgan fingerprint density at radius 3 is 2.71 bits per heavy atom.